The van der Waals surface area contributed by atoms with Crippen molar-refractivity contribution in [3.63, 3.8) is 0 Å². The number of benzene rings is 1. The van der Waals surface area contributed by atoms with E-state index in [2.05, 4.69) is 5.32 Å². The van der Waals surface area contributed by atoms with Gasteiger partial charge in [-0.1, -0.05) is 30.3 Å². The third-order valence-electron chi connectivity index (χ3n) is 2.47. The third-order valence-corrected chi connectivity index (χ3v) is 2.47. The molecule has 1 aromatic carbocycles. The third kappa shape index (κ3) is 7.31. The van der Waals surface area contributed by atoms with E-state index in [0.29, 0.717) is 0 Å². The molecule has 0 bridgehead atoms. The van der Waals surface area contributed by atoms with Crippen LogP contribution in [-0.4, -0.2) is 42.3 Å². The number of aliphatic hydroxyl groups is 1. The molecule has 0 saturated heterocycles. The quantitative estimate of drug-likeness (QED) is 0.688. The normalized spacial score (nSPS) is 12.6. The highest BCUT2D eigenvalue weighted by atomic mass is 19.4. The molecule has 5 nitrogen and oxygen atoms in total. The lowest BCUT2D eigenvalue weighted by atomic mass is 10.1. The largest absolute Gasteiger partial charge is 0.405 e. The highest BCUT2D eigenvalue weighted by Gasteiger charge is 2.29. The maximum atomic E-state index is 11.8. The summed E-state index contributed by atoms with van der Waals surface area (Å²) >= 11 is 0. The average Bonchev–Trinajstić information content (AvgIpc) is 2.42. The number of halogens is 3. The molecule has 1 aromatic rings. The van der Waals surface area contributed by atoms with Crippen LogP contribution in [0.5, 0.6) is 0 Å². The fourth-order valence-corrected chi connectivity index (χ4v) is 1.51. The van der Waals surface area contributed by atoms with E-state index >= 15 is 0 Å². The number of amides is 2. The van der Waals surface area contributed by atoms with Crippen molar-refractivity contribution in [3.8, 4) is 0 Å². The SMILES string of the molecule is O=C(NC[C@H](O)Cc1ccccc1)C(=O)NCC(F)(F)F. The molecule has 1 rings (SSSR count). The van der Waals surface area contributed by atoms with Crippen LogP contribution in [-0.2, 0) is 16.0 Å². The fraction of sp³-hybridized carbons (Fsp3) is 0.385. The molecule has 3 N–H and O–H groups in total. The van der Waals surface area contributed by atoms with Gasteiger partial charge in [0.25, 0.3) is 0 Å². The van der Waals surface area contributed by atoms with Gasteiger partial charge in [0.15, 0.2) is 0 Å². The summed E-state index contributed by atoms with van der Waals surface area (Å²) in [5.41, 5.74) is 0.834. The van der Waals surface area contributed by atoms with E-state index in [9.17, 15) is 27.9 Å². The fourth-order valence-electron chi connectivity index (χ4n) is 1.51. The zero-order chi connectivity index (χ0) is 15.9. The van der Waals surface area contributed by atoms with E-state index in [0.717, 1.165) is 5.56 Å². The number of hydrogen-bond acceptors (Lipinski definition) is 3. The summed E-state index contributed by atoms with van der Waals surface area (Å²) in [7, 11) is 0. The lowest BCUT2D eigenvalue weighted by molar-refractivity contribution is -0.146. The van der Waals surface area contributed by atoms with Crippen LogP contribution >= 0.6 is 0 Å². The maximum absolute atomic E-state index is 11.8. The van der Waals surface area contributed by atoms with Crippen LogP contribution < -0.4 is 10.6 Å². The molecule has 0 aliphatic heterocycles. The van der Waals surface area contributed by atoms with Gasteiger partial charge >= 0.3 is 18.0 Å². The first-order valence-corrected chi connectivity index (χ1v) is 6.12. The van der Waals surface area contributed by atoms with Crippen molar-refractivity contribution in [3.05, 3.63) is 35.9 Å². The van der Waals surface area contributed by atoms with Crippen molar-refractivity contribution in [1.82, 2.24) is 10.6 Å². The van der Waals surface area contributed by atoms with Crippen molar-refractivity contribution in [2.45, 2.75) is 18.7 Å². The Labute approximate surface area is 119 Å². The minimum Gasteiger partial charge on any atom is -0.391 e. The molecule has 116 valence electrons. The molecule has 0 saturated carbocycles. The van der Waals surface area contributed by atoms with Gasteiger partial charge in [-0.05, 0) is 5.56 Å². The van der Waals surface area contributed by atoms with Crippen LogP contribution in [0, 0.1) is 0 Å². The second-order valence-electron chi connectivity index (χ2n) is 4.35. The molecule has 0 aliphatic rings. The minimum atomic E-state index is -4.58. The second kappa shape index (κ2) is 7.63. The second-order valence-corrected chi connectivity index (χ2v) is 4.35. The molecule has 2 amide bonds. The number of rotatable bonds is 5. The summed E-state index contributed by atoms with van der Waals surface area (Å²) in [5, 5.41) is 13.2. The molecule has 0 aromatic heterocycles. The Balaban J connectivity index is 2.30. The Morgan fingerprint density at radius 3 is 2.24 bits per heavy atom. The summed E-state index contributed by atoms with van der Waals surface area (Å²) < 4.78 is 35.5. The number of alkyl halides is 3. The first-order valence-electron chi connectivity index (χ1n) is 6.12. The zero-order valence-corrected chi connectivity index (χ0v) is 11.0. The minimum absolute atomic E-state index is 0.229. The van der Waals surface area contributed by atoms with Crippen molar-refractivity contribution in [2.24, 2.45) is 0 Å². The van der Waals surface area contributed by atoms with E-state index in [1.54, 1.807) is 24.3 Å². The predicted molar refractivity (Wildman–Crippen MR) is 68.2 cm³/mol. The van der Waals surface area contributed by atoms with Gasteiger partial charge in [0.05, 0.1) is 6.10 Å². The van der Waals surface area contributed by atoms with E-state index < -0.39 is 30.6 Å². The smallest absolute Gasteiger partial charge is 0.391 e. The van der Waals surface area contributed by atoms with Gasteiger partial charge in [-0.3, -0.25) is 9.59 Å². The van der Waals surface area contributed by atoms with E-state index in [1.807, 2.05) is 6.07 Å². The van der Waals surface area contributed by atoms with Crippen molar-refractivity contribution in [2.75, 3.05) is 13.1 Å². The molecule has 21 heavy (non-hydrogen) atoms. The van der Waals surface area contributed by atoms with Crippen LogP contribution in [0.2, 0.25) is 0 Å². The highest BCUT2D eigenvalue weighted by Crippen LogP contribution is 2.11. The number of nitrogens with one attached hydrogen (secondary N) is 2. The Bertz CT molecular complexity index is 477. The molecule has 0 unspecified atom stereocenters. The molecule has 0 fully saturated rings. The van der Waals surface area contributed by atoms with Gasteiger partial charge < -0.3 is 15.7 Å². The molecule has 0 radical (unpaired) electrons. The van der Waals surface area contributed by atoms with Crippen LogP contribution in [0.3, 0.4) is 0 Å². The lowest BCUT2D eigenvalue weighted by Crippen LogP contribution is -2.45. The van der Waals surface area contributed by atoms with Gasteiger partial charge in [0.1, 0.15) is 6.54 Å². The van der Waals surface area contributed by atoms with Gasteiger partial charge in [0.2, 0.25) is 0 Å². The topological polar surface area (TPSA) is 78.4 Å². The number of hydrogen-bond donors (Lipinski definition) is 3. The number of carbonyl (C=O) groups excluding carboxylic acids is 2. The van der Waals surface area contributed by atoms with Gasteiger partial charge in [-0.15, -0.1) is 0 Å². The van der Waals surface area contributed by atoms with Crippen LogP contribution in [0.1, 0.15) is 5.56 Å². The lowest BCUT2D eigenvalue weighted by Gasteiger charge is -2.12. The molecule has 0 heterocycles. The first-order chi connectivity index (χ1) is 9.78. The summed E-state index contributed by atoms with van der Waals surface area (Å²) in [6.07, 6.45) is -5.26. The monoisotopic (exact) mass is 304 g/mol. The van der Waals surface area contributed by atoms with E-state index in [4.69, 9.17) is 0 Å². The van der Waals surface area contributed by atoms with Crippen LogP contribution in [0.25, 0.3) is 0 Å². The van der Waals surface area contributed by atoms with Gasteiger partial charge in [0, 0.05) is 13.0 Å². The zero-order valence-electron chi connectivity index (χ0n) is 11.0. The van der Waals surface area contributed by atoms with Crippen LogP contribution in [0.15, 0.2) is 30.3 Å². The summed E-state index contributed by atoms with van der Waals surface area (Å²) in [6.45, 7) is -1.81. The standard InChI is InChI=1S/C13H15F3N2O3/c14-13(15,16)8-18-12(21)11(20)17-7-10(19)6-9-4-2-1-3-5-9/h1-5,10,19H,6-8H2,(H,17,20)(H,18,21)/t10-/m1/s1. The highest BCUT2D eigenvalue weighted by molar-refractivity contribution is 6.35. The average molecular weight is 304 g/mol. The van der Waals surface area contributed by atoms with Crippen molar-refractivity contribution < 1.29 is 27.9 Å². The molecule has 0 spiro atoms. The van der Waals surface area contributed by atoms with Crippen molar-refractivity contribution in [1.29, 1.82) is 0 Å². The molecular weight excluding hydrogens is 289 g/mol. The summed E-state index contributed by atoms with van der Waals surface area (Å²) in [5.74, 6) is -2.61. The molecule has 0 aliphatic carbocycles. The summed E-state index contributed by atoms with van der Waals surface area (Å²) in [4.78, 5) is 22.3. The van der Waals surface area contributed by atoms with E-state index in [1.165, 1.54) is 5.32 Å². The van der Waals surface area contributed by atoms with Crippen LogP contribution in [0.4, 0.5) is 13.2 Å². The van der Waals surface area contributed by atoms with Gasteiger partial charge in [-0.2, -0.15) is 13.2 Å². The Hall–Kier alpha value is -2.09. The number of aliphatic hydroxyl groups excluding tert-OH is 1. The molecule has 1 atom stereocenters. The predicted octanol–water partition coefficient (Wildman–Crippen LogP) is 0.385. The van der Waals surface area contributed by atoms with E-state index in [-0.39, 0.29) is 13.0 Å². The molecule has 8 heteroatoms. The summed E-state index contributed by atoms with van der Waals surface area (Å²) in [6, 6.07) is 8.93. The Kier molecular flexibility index (Phi) is 6.16. The first kappa shape index (κ1) is 17.0. The number of carbonyl (C=O) groups is 2. The molecular formula is C13H15F3N2O3. The maximum Gasteiger partial charge on any atom is 0.405 e. The van der Waals surface area contributed by atoms with Crippen molar-refractivity contribution >= 4 is 11.8 Å². The Morgan fingerprint density at radius 1 is 1.10 bits per heavy atom. The Morgan fingerprint density at radius 2 is 1.67 bits per heavy atom. The van der Waals surface area contributed by atoms with Gasteiger partial charge in [-0.25, -0.2) is 0 Å².